The SMILES string of the molecule is CCOCc1nc(C)c(C)c(=O)[nH]1. The second kappa shape index (κ2) is 4.18. The molecule has 0 saturated heterocycles. The van der Waals surface area contributed by atoms with Crippen LogP contribution in [0.2, 0.25) is 0 Å². The third-order valence-electron chi connectivity index (χ3n) is 1.89. The van der Waals surface area contributed by atoms with E-state index in [1.165, 1.54) is 0 Å². The summed E-state index contributed by atoms with van der Waals surface area (Å²) in [6, 6.07) is 0. The zero-order valence-corrected chi connectivity index (χ0v) is 8.18. The van der Waals surface area contributed by atoms with E-state index >= 15 is 0 Å². The van der Waals surface area contributed by atoms with Gasteiger partial charge in [-0.1, -0.05) is 0 Å². The standard InChI is InChI=1S/C9H14N2O2/c1-4-13-5-8-10-7(3)6(2)9(12)11-8/h4-5H2,1-3H3,(H,10,11,12). The predicted molar refractivity (Wildman–Crippen MR) is 49.7 cm³/mol. The summed E-state index contributed by atoms with van der Waals surface area (Å²) < 4.78 is 5.14. The quantitative estimate of drug-likeness (QED) is 0.756. The molecule has 4 heteroatoms. The smallest absolute Gasteiger partial charge is 0.254 e. The Morgan fingerprint density at radius 3 is 2.69 bits per heavy atom. The van der Waals surface area contributed by atoms with Crippen molar-refractivity contribution in [2.45, 2.75) is 27.4 Å². The Labute approximate surface area is 77.0 Å². The topological polar surface area (TPSA) is 55.0 Å². The second-order valence-corrected chi connectivity index (χ2v) is 2.86. The molecule has 0 atom stereocenters. The molecule has 1 aromatic heterocycles. The van der Waals surface area contributed by atoms with E-state index in [1.54, 1.807) is 6.92 Å². The summed E-state index contributed by atoms with van der Waals surface area (Å²) in [7, 11) is 0. The molecular weight excluding hydrogens is 168 g/mol. The van der Waals surface area contributed by atoms with Crippen LogP contribution in [0.1, 0.15) is 24.0 Å². The van der Waals surface area contributed by atoms with Gasteiger partial charge in [-0.2, -0.15) is 0 Å². The van der Waals surface area contributed by atoms with Crippen molar-refractivity contribution < 1.29 is 4.74 Å². The van der Waals surface area contributed by atoms with Gasteiger partial charge < -0.3 is 9.72 Å². The monoisotopic (exact) mass is 182 g/mol. The normalized spacial score (nSPS) is 10.4. The zero-order chi connectivity index (χ0) is 9.84. The molecule has 0 fully saturated rings. The zero-order valence-electron chi connectivity index (χ0n) is 8.18. The summed E-state index contributed by atoms with van der Waals surface area (Å²) in [5, 5.41) is 0. The molecule has 1 rings (SSSR count). The molecule has 1 aromatic rings. The fourth-order valence-electron chi connectivity index (χ4n) is 0.970. The maximum atomic E-state index is 11.3. The number of hydrogen-bond acceptors (Lipinski definition) is 3. The van der Waals surface area contributed by atoms with Crippen LogP contribution < -0.4 is 5.56 Å². The van der Waals surface area contributed by atoms with Crippen molar-refractivity contribution in [2.75, 3.05) is 6.61 Å². The molecular formula is C9H14N2O2. The molecule has 72 valence electrons. The summed E-state index contributed by atoms with van der Waals surface area (Å²) in [6.45, 7) is 6.47. The van der Waals surface area contributed by atoms with Gasteiger partial charge in [0, 0.05) is 17.9 Å². The number of aromatic nitrogens is 2. The van der Waals surface area contributed by atoms with Crippen molar-refractivity contribution in [3.63, 3.8) is 0 Å². The third kappa shape index (κ3) is 2.39. The lowest BCUT2D eigenvalue weighted by Crippen LogP contribution is -2.16. The van der Waals surface area contributed by atoms with Gasteiger partial charge in [0.15, 0.2) is 0 Å². The first kappa shape index (κ1) is 9.92. The molecule has 0 aliphatic rings. The molecule has 0 spiro atoms. The van der Waals surface area contributed by atoms with Gasteiger partial charge in [0.25, 0.3) is 5.56 Å². The first-order chi connectivity index (χ1) is 6.15. The van der Waals surface area contributed by atoms with E-state index in [4.69, 9.17) is 4.74 Å². The summed E-state index contributed by atoms with van der Waals surface area (Å²) in [6.07, 6.45) is 0. The number of nitrogens with one attached hydrogen (secondary N) is 1. The van der Waals surface area contributed by atoms with Gasteiger partial charge in [-0.15, -0.1) is 0 Å². The molecule has 0 aliphatic carbocycles. The Bertz CT molecular complexity index is 344. The molecule has 0 aliphatic heterocycles. The predicted octanol–water partition coefficient (Wildman–Crippen LogP) is 0.923. The minimum Gasteiger partial charge on any atom is -0.374 e. The van der Waals surface area contributed by atoms with Crippen LogP contribution in [-0.4, -0.2) is 16.6 Å². The number of rotatable bonds is 3. The summed E-state index contributed by atoms with van der Waals surface area (Å²) in [5.74, 6) is 0.593. The van der Waals surface area contributed by atoms with E-state index in [0.717, 1.165) is 5.69 Å². The highest BCUT2D eigenvalue weighted by Crippen LogP contribution is 1.97. The molecule has 0 saturated carbocycles. The maximum absolute atomic E-state index is 11.3. The van der Waals surface area contributed by atoms with Crippen LogP contribution in [0.3, 0.4) is 0 Å². The molecule has 1 heterocycles. The average Bonchev–Trinajstić information content (AvgIpc) is 2.10. The highest BCUT2D eigenvalue weighted by Gasteiger charge is 2.02. The van der Waals surface area contributed by atoms with Gasteiger partial charge in [-0.05, 0) is 20.8 Å². The molecule has 13 heavy (non-hydrogen) atoms. The Balaban J connectivity index is 2.93. The van der Waals surface area contributed by atoms with Gasteiger partial charge in [0.1, 0.15) is 12.4 Å². The molecule has 0 bridgehead atoms. The Morgan fingerprint density at radius 2 is 2.15 bits per heavy atom. The van der Waals surface area contributed by atoms with Crippen LogP contribution in [0.5, 0.6) is 0 Å². The van der Waals surface area contributed by atoms with E-state index in [1.807, 2.05) is 13.8 Å². The highest BCUT2D eigenvalue weighted by atomic mass is 16.5. The maximum Gasteiger partial charge on any atom is 0.254 e. The van der Waals surface area contributed by atoms with Crippen LogP contribution in [0.15, 0.2) is 4.79 Å². The Hall–Kier alpha value is -1.16. The number of ether oxygens (including phenoxy) is 1. The highest BCUT2D eigenvalue weighted by molar-refractivity contribution is 5.13. The third-order valence-corrected chi connectivity index (χ3v) is 1.89. The van der Waals surface area contributed by atoms with Gasteiger partial charge in [0.2, 0.25) is 0 Å². The first-order valence-corrected chi connectivity index (χ1v) is 4.29. The number of aryl methyl sites for hydroxylation is 1. The number of aromatic amines is 1. The van der Waals surface area contributed by atoms with E-state index in [2.05, 4.69) is 9.97 Å². The fraction of sp³-hybridized carbons (Fsp3) is 0.556. The van der Waals surface area contributed by atoms with Crippen LogP contribution >= 0.6 is 0 Å². The average molecular weight is 182 g/mol. The minimum absolute atomic E-state index is 0.0813. The van der Waals surface area contributed by atoms with E-state index in [9.17, 15) is 4.79 Å². The summed E-state index contributed by atoms with van der Waals surface area (Å²) in [5.41, 5.74) is 1.35. The van der Waals surface area contributed by atoms with Crippen molar-refractivity contribution in [3.8, 4) is 0 Å². The molecule has 1 N–H and O–H groups in total. The molecule has 0 aromatic carbocycles. The summed E-state index contributed by atoms with van der Waals surface area (Å²) >= 11 is 0. The van der Waals surface area contributed by atoms with Gasteiger partial charge in [-0.3, -0.25) is 4.79 Å². The lowest BCUT2D eigenvalue weighted by molar-refractivity contribution is 0.128. The van der Waals surface area contributed by atoms with Gasteiger partial charge in [-0.25, -0.2) is 4.98 Å². The van der Waals surface area contributed by atoms with Gasteiger partial charge in [0.05, 0.1) is 0 Å². The lowest BCUT2D eigenvalue weighted by atomic mass is 10.3. The molecule has 0 radical (unpaired) electrons. The molecule has 0 amide bonds. The van der Waals surface area contributed by atoms with Crippen molar-refractivity contribution >= 4 is 0 Å². The number of hydrogen-bond donors (Lipinski definition) is 1. The Morgan fingerprint density at radius 1 is 1.46 bits per heavy atom. The van der Waals surface area contributed by atoms with E-state index < -0.39 is 0 Å². The van der Waals surface area contributed by atoms with Crippen LogP contribution in [0.25, 0.3) is 0 Å². The van der Waals surface area contributed by atoms with Gasteiger partial charge >= 0.3 is 0 Å². The molecule has 4 nitrogen and oxygen atoms in total. The first-order valence-electron chi connectivity index (χ1n) is 4.29. The van der Waals surface area contributed by atoms with Crippen molar-refractivity contribution in [3.05, 3.63) is 27.4 Å². The van der Waals surface area contributed by atoms with Crippen molar-refractivity contribution in [1.82, 2.24) is 9.97 Å². The van der Waals surface area contributed by atoms with Crippen molar-refractivity contribution in [2.24, 2.45) is 0 Å². The minimum atomic E-state index is -0.0813. The fourth-order valence-corrected chi connectivity index (χ4v) is 0.970. The van der Waals surface area contributed by atoms with E-state index in [0.29, 0.717) is 24.6 Å². The molecule has 0 unspecified atom stereocenters. The summed E-state index contributed by atoms with van der Waals surface area (Å²) in [4.78, 5) is 18.1. The van der Waals surface area contributed by atoms with Crippen molar-refractivity contribution in [1.29, 1.82) is 0 Å². The van der Waals surface area contributed by atoms with Crippen LogP contribution in [-0.2, 0) is 11.3 Å². The number of nitrogens with zero attached hydrogens (tertiary/aromatic N) is 1. The lowest BCUT2D eigenvalue weighted by Gasteiger charge is -2.03. The second-order valence-electron chi connectivity index (χ2n) is 2.86. The number of H-pyrrole nitrogens is 1. The Kier molecular flexibility index (Phi) is 3.19. The van der Waals surface area contributed by atoms with Crippen LogP contribution in [0.4, 0.5) is 0 Å². The van der Waals surface area contributed by atoms with Crippen LogP contribution in [0, 0.1) is 13.8 Å². The van der Waals surface area contributed by atoms with E-state index in [-0.39, 0.29) is 5.56 Å². The largest absolute Gasteiger partial charge is 0.374 e.